The zero-order chi connectivity index (χ0) is 9.40. The molecule has 0 aliphatic heterocycles. The van der Waals surface area contributed by atoms with Crippen molar-refractivity contribution >= 4 is 35.0 Å². The van der Waals surface area contributed by atoms with Gasteiger partial charge in [-0.25, -0.2) is 0 Å². The molecule has 0 aromatic rings. The molecule has 74 valence electrons. The van der Waals surface area contributed by atoms with E-state index in [-0.39, 0.29) is 25.9 Å². The minimum Gasteiger partial charge on any atom is -1.00 e. The van der Waals surface area contributed by atoms with Crippen molar-refractivity contribution in [1.82, 2.24) is 0 Å². The Labute approximate surface area is 96.8 Å². The fraction of sp³-hybridized carbons (Fsp3) is 0.750. The van der Waals surface area contributed by atoms with E-state index in [0.717, 1.165) is 19.3 Å². The SMILES string of the molecule is CCCCCOC(=O)CC(=O)O.[H-].[H-].[Mg+2]. The van der Waals surface area contributed by atoms with E-state index in [0.29, 0.717) is 6.61 Å². The maximum Gasteiger partial charge on any atom is 2.00 e. The molecule has 0 fully saturated rings. The van der Waals surface area contributed by atoms with E-state index in [1.54, 1.807) is 0 Å². The molecule has 0 radical (unpaired) electrons. The summed E-state index contributed by atoms with van der Waals surface area (Å²) in [6.07, 6.45) is 2.32. The molecular weight excluding hydrogens is 184 g/mol. The molecule has 0 aliphatic carbocycles. The predicted octanol–water partition coefficient (Wildman–Crippen LogP) is 1.04. The van der Waals surface area contributed by atoms with E-state index >= 15 is 0 Å². The fourth-order valence-corrected chi connectivity index (χ4v) is 0.713. The minimum atomic E-state index is -1.14. The molecule has 13 heavy (non-hydrogen) atoms. The monoisotopic (exact) mass is 200 g/mol. The summed E-state index contributed by atoms with van der Waals surface area (Å²) >= 11 is 0. The summed E-state index contributed by atoms with van der Waals surface area (Å²) in [4.78, 5) is 20.6. The Morgan fingerprint density at radius 3 is 2.46 bits per heavy atom. The van der Waals surface area contributed by atoms with Crippen molar-refractivity contribution in [2.45, 2.75) is 32.6 Å². The van der Waals surface area contributed by atoms with Crippen LogP contribution in [0.3, 0.4) is 0 Å². The molecule has 0 heterocycles. The summed E-state index contributed by atoms with van der Waals surface area (Å²) in [6, 6.07) is 0. The van der Waals surface area contributed by atoms with Crippen LogP contribution in [0, 0.1) is 0 Å². The van der Waals surface area contributed by atoms with Crippen molar-refractivity contribution < 1.29 is 22.3 Å². The van der Waals surface area contributed by atoms with Crippen LogP contribution in [-0.2, 0) is 14.3 Å². The Balaban J connectivity index is -0.000000202. The van der Waals surface area contributed by atoms with Crippen LogP contribution < -0.4 is 0 Å². The Morgan fingerprint density at radius 2 is 2.00 bits per heavy atom. The Morgan fingerprint density at radius 1 is 1.38 bits per heavy atom. The third kappa shape index (κ3) is 11.7. The summed E-state index contributed by atoms with van der Waals surface area (Å²) in [6.45, 7) is 2.37. The average Bonchev–Trinajstić information content (AvgIpc) is 1.97. The van der Waals surface area contributed by atoms with Crippen LogP contribution in [0.2, 0.25) is 0 Å². The molecule has 0 saturated carbocycles. The number of rotatable bonds is 6. The van der Waals surface area contributed by atoms with Gasteiger partial charge in [-0.3, -0.25) is 9.59 Å². The van der Waals surface area contributed by atoms with Crippen LogP contribution in [0.5, 0.6) is 0 Å². The zero-order valence-corrected chi connectivity index (χ0v) is 9.33. The smallest absolute Gasteiger partial charge is 1.00 e. The van der Waals surface area contributed by atoms with Gasteiger partial charge in [0, 0.05) is 0 Å². The molecule has 4 nitrogen and oxygen atoms in total. The van der Waals surface area contributed by atoms with Gasteiger partial charge in [0.15, 0.2) is 0 Å². The molecule has 0 bridgehead atoms. The minimum absolute atomic E-state index is 0. The van der Waals surface area contributed by atoms with E-state index in [1.807, 2.05) is 6.92 Å². The number of carbonyl (C=O) groups excluding carboxylic acids is 1. The van der Waals surface area contributed by atoms with Gasteiger partial charge in [0.25, 0.3) is 0 Å². The van der Waals surface area contributed by atoms with Gasteiger partial charge in [-0.1, -0.05) is 19.8 Å². The number of hydrogen-bond acceptors (Lipinski definition) is 3. The first-order chi connectivity index (χ1) is 5.66. The fourth-order valence-electron chi connectivity index (χ4n) is 0.713. The van der Waals surface area contributed by atoms with E-state index in [4.69, 9.17) is 5.11 Å². The van der Waals surface area contributed by atoms with Crippen molar-refractivity contribution in [2.75, 3.05) is 6.61 Å². The second-order valence-electron chi connectivity index (χ2n) is 2.50. The molecule has 5 heteroatoms. The van der Waals surface area contributed by atoms with Crippen molar-refractivity contribution in [2.24, 2.45) is 0 Å². The number of carboxylic acid groups (broad SMARTS) is 1. The molecule has 0 saturated heterocycles. The molecule has 0 atom stereocenters. The average molecular weight is 201 g/mol. The van der Waals surface area contributed by atoms with Crippen LogP contribution in [0.4, 0.5) is 0 Å². The third-order valence-electron chi connectivity index (χ3n) is 1.31. The van der Waals surface area contributed by atoms with Gasteiger partial charge < -0.3 is 12.7 Å². The second-order valence-corrected chi connectivity index (χ2v) is 2.50. The van der Waals surface area contributed by atoms with Crippen LogP contribution in [-0.4, -0.2) is 46.7 Å². The molecule has 0 unspecified atom stereocenters. The van der Waals surface area contributed by atoms with Crippen LogP contribution in [0.25, 0.3) is 0 Å². The maximum absolute atomic E-state index is 10.6. The molecule has 0 amide bonds. The Hall–Kier alpha value is -0.294. The van der Waals surface area contributed by atoms with Gasteiger partial charge in [-0.15, -0.1) is 0 Å². The van der Waals surface area contributed by atoms with Gasteiger partial charge in [0.05, 0.1) is 6.61 Å². The predicted molar refractivity (Wildman–Crippen MR) is 50.7 cm³/mol. The first-order valence-corrected chi connectivity index (χ1v) is 4.04. The van der Waals surface area contributed by atoms with Gasteiger partial charge in [0.1, 0.15) is 6.42 Å². The number of esters is 1. The first-order valence-electron chi connectivity index (χ1n) is 4.04. The number of carbonyl (C=O) groups is 2. The molecule has 0 spiro atoms. The van der Waals surface area contributed by atoms with Gasteiger partial charge in [-0.2, -0.15) is 0 Å². The number of carboxylic acids is 1. The van der Waals surface area contributed by atoms with Crippen molar-refractivity contribution in [3.8, 4) is 0 Å². The Bertz CT molecular complexity index is 167. The van der Waals surface area contributed by atoms with Gasteiger partial charge >= 0.3 is 35.0 Å². The van der Waals surface area contributed by atoms with E-state index in [9.17, 15) is 9.59 Å². The summed E-state index contributed by atoms with van der Waals surface area (Å²) in [5.41, 5.74) is 0. The van der Waals surface area contributed by atoms with E-state index in [2.05, 4.69) is 4.74 Å². The first kappa shape index (κ1) is 15.2. The molecule has 1 N–H and O–H groups in total. The summed E-state index contributed by atoms with van der Waals surface area (Å²) in [7, 11) is 0. The van der Waals surface area contributed by atoms with Crippen LogP contribution >= 0.6 is 0 Å². The van der Waals surface area contributed by atoms with Gasteiger partial charge in [-0.05, 0) is 6.42 Å². The number of ether oxygens (including phenoxy) is 1. The normalized spacial score (nSPS) is 8.69. The van der Waals surface area contributed by atoms with Crippen LogP contribution in [0.15, 0.2) is 0 Å². The molecular formula is C8H16MgO4. The number of aliphatic carboxylic acids is 1. The molecule has 0 aromatic carbocycles. The van der Waals surface area contributed by atoms with E-state index < -0.39 is 18.4 Å². The standard InChI is InChI=1S/C8H14O4.Mg.2H/c1-2-3-4-5-12-8(11)6-7(9)10;;;/h2-6H2,1H3,(H,9,10);;;/q;+2;2*-1. The second kappa shape index (κ2) is 9.79. The van der Waals surface area contributed by atoms with E-state index in [1.165, 1.54) is 0 Å². The largest absolute Gasteiger partial charge is 2.00 e. The van der Waals surface area contributed by atoms with Gasteiger partial charge in [0.2, 0.25) is 0 Å². The summed E-state index contributed by atoms with van der Waals surface area (Å²) in [5.74, 6) is -1.80. The van der Waals surface area contributed by atoms with Crippen molar-refractivity contribution in [3.63, 3.8) is 0 Å². The Kier molecular flexibility index (Phi) is 11.4. The molecule has 0 aromatic heterocycles. The summed E-state index contributed by atoms with van der Waals surface area (Å²) in [5, 5.41) is 8.19. The zero-order valence-electron chi connectivity index (χ0n) is 9.91. The van der Waals surface area contributed by atoms with Crippen molar-refractivity contribution in [3.05, 3.63) is 0 Å². The molecule has 0 aliphatic rings. The third-order valence-corrected chi connectivity index (χ3v) is 1.31. The quantitative estimate of drug-likeness (QED) is 0.301. The topological polar surface area (TPSA) is 63.6 Å². The molecule has 0 rings (SSSR count). The number of hydrogen-bond donors (Lipinski definition) is 1. The maximum atomic E-state index is 10.6. The summed E-state index contributed by atoms with van der Waals surface area (Å²) < 4.78 is 4.64. The number of unbranched alkanes of at least 4 members (excludes halogenated alkanes) is 2. The van der Waals surface area contributed by atoms with Crippen molar-refractivity contribution in [1.29, 1.82) is 0 Å². The van der Waals surface area contributed by atoms with Crippen LogP contribution in [0.1, 0.15) is 35.5 Å².